The zero-order valence-corrected chi connectivity index (χ0v) is 14.3. The van der Waals surface area contributed by atoms with Gasteiger partial charge in [-0.1, -0.05) is 13.8 Å². The molecule has 0 radical (unpaired) electrons. The van der Waals surface area contributed by atoms with Crippen LogP contribution >= 0.6 is 11.3 Å². The molecule has 1 aromatic heterocycles. The van der Waals surface area contributed by atoms with E-state index in [-0.39, 0.29) is 6.04 Å². The van der Waals surface area contributed by atoms with Crippen molar-refractivity contribution >= 4 is 21.4 Å². The molecular formula is C14H24N2O2S2. The Labute approximate surface area is 126 Å². The fourth-order valence-electron chi connectivity index (χ4n) is 2.80. The van der Waals surface area contributed by atoms with E-state index in [2.05, 4.69) is 19.2 Å². The smallest absolute Gasteiger partial charge is 0.252 e. The Balaban J connectivity index is 2.32. The van der Waals surface area contributed by atoms with Crippen molar-refractivity contribution in [1.82, 2.24) is 9.62 Å². The van der Waals surface area contributed by atoms with Gasteiger partial charge in [-0.05, 0) is 44.4 Å². The van der Waals surface area contributed by atoms with Gasteiger partial charge < -0.3 is 5.32 Å². The average Bonchev–Trinajstić information content (AvgIpc) is 2.98. The minimum Gasteiger partial charge on any atom is -0.315 e. The van der Waals surface area contributed by atoms with E-state index in [4.69, 9.17) is 0 Å². The molecule has 20 heavy (non-hydrogen) atoms. The quantitative estimate of drug-likeness (QED) is 0.908. The number of rotatable bonds is 5. The van der Waals surface area contributed by atoms with Crippen LogP contribution in [-0.4, -0.2) is 32.4 Å². The standard InChI is InChI=1S/C14H24N2O2S2/c1-10(2)12-6-5-7-16(12)20(17,18)14-8-11(3)13(19-14)9-15-4/h8,10,12,15H,5-7,9H2,1-4H3. The highest BCUT2D eigenvalue weighted by Gasteiger charge is 2.37. The minimum atomic E-state index is -3.33. The van der Waals surface area contributed by atoms with Crippen LogP contribution < -0.4 is 5.32 Å². The van der Waals surface area contributed by atoms with Gasteiger partial charge in [0.1, 0.15) is 4.21 Å². The highest BCUT2D eigenvalue weighted by Crippen LogP contribution is 2.34. The molecule has 0 aliphatic carbocycles. The van der Waals surface area contributed by atoms with Gasteiger partial charge in [-0.15, -0.1) is 11.3 Å². The second kappa shape index (κ2) is 6.13. The Kier molecular flexibility index (Phi) is 4.89. The molecule has 1 saturated heterocycles. The summed E-state index contributed by atoms with van der Waals surface area (Å²) in [6.45, 7) is 7.56. The largest absolute Gasteiger partial charge is 0.315 e. The summed E-state index contributed by atoms with van der Waals surface area (Å²) in [7, 11) is -1.45. The number of nitrogens with zero attached hydrogens (tertiary/aromatic N) is 1. The van der Waals surface area contributed by atoms with Crippen LogP contribution in [0.4, 0.5) is 0 Å². The van der Waals surface area contributed by atoms with E-state index in [1.807, 2.05) is 20.0 Å². The van der Waals surface area contributed by atoms with Gasteiger partial charge in [0.25, 0.3) is 10.0 Å². The molecular weight excluding hydrogens is 292 g/mol. The molecule has 0 amide bonds. The Morgan fingerprint density at radius 3 is 2.80 bits per heavy atom. The topological polar surface area (TPSA) is 49.4 Å². The van der Waals surface area contributed by atoms with Crippen LogP contribution in [0.15, 0.2) is 10.3 Å². The van der Waals surface area contributed by atoms with Crippen molar-refractivity contribution in [2.75, 3.05) is 13.6 Å². The third-order valence-corrected chi connectivity index (χ3v) is 7.53. The molecule has 0 spiro atoms. The monoisotopic (exact) mass is 316 g/mol. The van der Waals surface area contributed by atoms with Gasteiger partial charge in [0.2, 0.25) is 0 Å². The lowest BCUT2D eigenvalue weighted by Gasteiger charge is -2.26. The molecule has 114 valence electrons. The molecule has 0 saturated carbocycles. The van der Waals surface area contributed by atoms with Crippen LogP contribution in [0.25, 0.3) is 0 Å². The van der Waals surface area contributed by atoms with Gasteiger partial charge in [0.05, 0.1) is 0 Å². The highest BCUT2D eigenvalue weighted by atomic mass is 32.2. The second-order valence-corrected chi connectivity index (χ2v) is 9.03. The third kappa shape index (κ3) is 2.93. The number of hydrogen-bond donors (Lipinski definition) is 1. The lowest BCUT2D eigenvalue weighted by molar-refractivity contribution is 0.316. The van der Waals surface area contributed by atoms with Crippen molar-refractivity contribution in [1.29, 1.82) is 0 Å². The van der Waals surface area contributed by atoms with Gasteiger partial charge >= 0.3 is 0 Å². The van der Waals surface area contributed by atoms with Crippen molar-refractivity contribution < 1.29 is 8.42 Å². The molecule has 1 aliphatic heterocycles. The molecule has 1 fully saturated rings. The number of thiophene rings is 1. The number of sulfonamides is 1. The van der Waals surface area contributed by atoms with E-state index >= 15 is 0 Å². The predicted octanol–water partition coefficient (Wildman–Crippen LogP) is 2.59. The number of aryl methyl sites for hydroxylation is 1. The summed E-state index contributed by atoms with van der Waals surface area (Å²) in [4.78, 5) is 1.10. The van der Waals surface area contributed by atoms with Gasteiger partial charge in [0, 0.05) is 24.0 Å². The molecule has 2 heterocycles. The summed E-state index contributed by atoms with van der Waals surface area (Å²) in [5, 5.41) is 3.09. The Morgan fingerprint density at radius 2 is 2.20 bits per heavy atom. The number of nitrogens with one attached hydrogen (secondary N) is 1. The third-order valence-electron chi connectivity index (χ3n) is 3.92. The lowest BCUT2D eigenvalue weighted by atomic mass is 10.0. The molecule has 0 bridgehead atoms. The predicted molar refractivity (Wildman–Crippen MR) is 83.6 cm³/mol. The highest BCUT2D eigenvalue weighted by molar-refractivity contribution is 7.91. The molecule has 1 unspecified atom stereocenters. The first-order valence-corrected chi connectivity index (χ1v) is 9.39. The Hall–Kier alpha value is -0.430. The maximum absolute atomic E-state index is 12.8. The van der Waals surface area contributed by atoms with E-state index in [1.54, 1.807) is 4.31 Å². The van der Waals surface area contributed by atoms with Crippen LogP contribution in [-0.2, 0) is 16.6 Å². The molecule has 2 rings (SSSR count). The van der Waals surface area contributed by atoms with Crippen LogP contribution in [0.1, 0.15) is 37.1 Å². The molecule has 1 aliphatic rings. The van der Waals surface area contributed by atoms with Gasteiger partial charge in [0.15, 0.2) is 0 Å². The van der Waals surface area contributed by atoms with E-state index in [0.29, 0.717) is 16.7 Å². The van der Waals surface area contributed by atoms with E-state index in [0.717, 1.165) is 29.8 Å². The van der Waals surface area contributed by atoms with Crippen molar-refractivity contribution in [2.45, 2.75) is 50.4 Å². The summed E-state index contributed by atoms with van der Waals surface area (Å²) >= 11 is 1.40. The first kappa shape index (κ1) is 15.9. The van der Waals surface area contributed by atoms with Crippen molar-refractivity contribution in [3.63, 3.8) is 0 Å². The molecule has 0 aromatic carbocycles. The maximum Gasteiger partial charge on any atom is 0.252 e. The Morgan fingerprint density at radius 1 is 1.50 bits per heavy atom. The first-order chi connectivity index (χ1) is 9.37. The molecule has 1 atom stereocenters. The van der Waals surface area contributed by atoms with Crippen LogP contribution in [0.3, 0.4) is 0 Å². The van der Waals surface area contributed by atoms with Crippen LogP contribution in [0, 0.1) is 12.8 Å². The fourth-order valence-corrected chi connectivity index (χ4v) is 6.35. The normalized spacial score (nSPS) is 20.9. The first-order valence-electron chi connectivity index (χ1n) is 7.13. The summed E-state index contributed by atoms with van der Waals surface area (Å²) < 4.78 is 27.9. The van der Waals surface area contributed by atoms with E-state index in [1.165, 1.54) is 11.3 Å². The molecule has 1 aromatic rings. The molecule has 4 nitrogen and oxygen atoms in total. The average molecular weight is 316 g/mol. The van der Waals surface area contributed by atoms with E-state index < -0.39 is 10.0 Å². The van der Waals surface area contributed by atoms with Crippen molar-refractivity contribution in [3.8, 4) is 0 Å². The van der Waals surface area contributed by atoms with Gasteiger partial charge in [-0.2, -0.15) is 4.31 Å². The summed E-state index contributed by atoms with van der Waals surface area (Å²) in [6, 6.07) is 1.97. The summed E-state index contributed by atoms with van der Waals surface area (Å²) in [6.07, 6.45) is 1.94. The Bertz CT molecular complexity index is 564. The summed E-state index contributed by atoms with van der Waals surface area (Å²) in [5.74, 6) is 0.366. The van der Waals surface area contributed by atoms with Crippen molar-refractivity contribution in [2.24, 2.45) is 5.92 Å². The SMILES string of the molecule is CNCc1sc(S(=O)(=O)N2CCCC2C(C)C)cc1C. The maximum atomic E-state index is 12.8. The van der Waals surface area contributed by atoms with Crippen LogP contribution in [0.2, 0.25) is 0 Å². The van der Waals surface area contributed by atoms with E-state index in [9.17, 15) is 8.42 Å². The van der Waals surface area contributed by atoms with Crippen molar-refractivity contribution in [3.05, 3.63) is 16.5 Å². The number of hydrogen-bond acceptors (Lipinski definition) is 4. The van der Waals surface area contributed by atoms with Gasteiger partial charge in [-0.25, -0.2) is 8.42 Å². The van der Waals surface area contributed by atoms with Gasteiger partial charge in [-0.3, -0.25) is 0 Å². The minimum absolute atomic E-state index is 0.148. The second-order valence-electron chi connectivity index (χ2n) is 5.77. The zero-order chi connectivity index (χ0) is 14.9. The lowest BCUT2D eigenvalue weighted by Crippen LogP contribution is -2.38. The molecule has 6 heteroatoms. The van der Waals surface area contributed by atoms with Crippen LogP contribution in [0.5, 0.6) is 0 Å². The molecule has 1 N–H and O–H groups in total. The fraction of sp³-hybridized carbons (Fsp3) is 0.714. The summed E-state index contributed by atoms with van der Waals surface area (Å²) in [5.41, 5.74) is 1.06. The zero-order valence-electron chi connectivity index (χ0n) is 12.6.